The summed E-state index contributed by atoms with van der Waals surface area (Å²) in [4.78, 5) is 23.1. The van der Waals surface area contributed by atoms with Gasteiger partial charge in [-0.2, -0.15) is 0 Å². The van der Waals surface area contributed by atoms with Crippen molar-refractivity contribution in [3.8, 4) is 0 Å². The first-order valence-corrected chi connectivity index (χ1v) is 6.06. The smallest absolute Gasteiger partial charge is 0.462 e. The normalized spacial score (nSPS) is 10.6. The molecule has 0 aliphatic rings. The van der Waals surface area contributed by atoms with Gasteiger partial charge in [0.2, 0.25) is 0 Å². The van der Waals surface area contributed by atoms with Gasteiger partial charge < -0.3 is 14.2 Å². The number of benzene rings is 1. The lowest BCUT2D eigenvalue weighted by Crippen LogP contribution is -2.09. The quantitative estimate of drug-likeness (QED) is 0.346. The van der Waals surface area contributed by atoms with Crippen LogP contribution in [0.3, 0.4) is 0 Å². The van der Waals surface area contributed by atoms with Gasteiger partial charge in [-0.1, -0.05) is 43.0 Å². The molecule has 0 saturated heterocycles. The van der Waals surface area contributed by atoms with Gasteiger partial charge in [0.05, 0.1) is 6.61 Å². The molecular formula is C15H16O5. The zero-order valence-corrected chi connectivity index (χ0v) is 11.2. The van der Waals surface area contributed by atoms with Crippen LogP contribution in [0.2, 0.25) is 0 Å². The molecule has 0 spiro atoms. The minimum Gasteiger partial charge on any atom is -0.462 e. The maximum Gasteiger partial charge on any atom is 0.513 e. The van der Waals surface area contributed by atoms with E-state index in [4.69, 9.17) is 9.47 Å². The highest BCUT2D eigenvalue weighted by Gasteiger charge is 2.14. The topological polar surface area (TPSA) is 61.8 Å². The number of rotatable bonds is 6. The van der Waals surface area contributed by atoms with Gasteiger partial charge in [0.25, 0.3) is 0 Å². The first-order chi connectivity index (χ1) is 9.69. The monoisotopic (exact) mass is 276 g/mol. The lowest BCUT2D eigenvalue weighted by molar-refractivity contribution is -0.136. The Labute approximate surface area is 117 Å². The molecule has 20 heavy (non-hydrogen) atoms. The van der Waals surface area contributed by atoms with Gasteiger partial charge in [-0.05, 0) is 12.5 Å². The Hall–Kier alpha value is -2.56. The molecule has 1 aromatic rings. The summed E-state index contributed by atoms with van der Waals surface area (Å²) < 4.78 is 14.3. The maximum atomic E-state index is 11.8. The molecule has 0 radical (unpaired) electrons. The second kappa shape index (κ2) is 8.53. The summed E-state index contributed by atoms with van der Waals surface area (Å²) in [5.74, 6) is -0.574. The van der Waals surface area contributed by atoms with E-state index < -0.39 is 12.1 Å². The van der Waals surface area contributed by atoms with Crippen molar-refractivity contribution in [1.29, 1.82) is 0 Å². The fourth-order valence-electron chi connectivity index (χ4n) is 1.33. The van der Waals surface area contributed by atoms with Crippen molar-refractivity contribution in [3.63, 3.8) is 0 Å². The standard InChI is InChI=1S/C15H16O5/c1-3-10-19-15(17)20-11-13(14(16)18-4-2)12-8-6-5-7-9-12/h3,5-9,11H,1,4,10H2,2H3. The van der Waals surface area contributed by atoms with E-state index in [1.807, 2.05) is 6.07 Å². The molecule has 0 saturated carbocycles. The molecule has 0 aromatic heterocycles. The van der Waals surface area contributed by atoms with Crippen LogP contribution in [0, 0.1) is 0 Å². The molecular weight excluding hydrogens is 260 g/mol. The van der Waals surface area contributed by atoms with E-state index in [2.05, 4.69) is 11.3 Å². The van der Waals surface area contributed by atoms with Crippen LogP contribution >= 0.6 is 0 Å². The molecule has 0 unspecified atom stereocenters. The predicted octanol–water partition coefficient (Wildman–Crippen LogP) is 2.93. The Morgan fingerprint density at radius 3 is 2.50 bits per heavy atom. The number of hydrogen-bond acceptors (Lipinski definition) is 5. The van der Waals surface area contributed by atoms with E-state index in [9.17, 15) is 9.59 Å². The van der Waals surface area contributed by atoms with Crippen LogP contribution in [0.15, 0.2) is 49.2 Å². The summed E-state index contributed by atoms with van der Waals surface area (Å²) in [6.45, 7) is 5.36. The molecule has 0 atom stereocenters. The molecule has 0 fully saturated rings. The van der Waals surface area contributed by atoms with Crippen LogP contribution in [0.25, 0.3) is 5.57 Å². The SMILES string of the molecule is C=CCOC(=O)OC=C(C(=O)OCC)c1ccccc1. The number of ether oxygens (including phenoxy) is 3. The van der Waals surface area contributed by atoms with Gasteiger partial charge in [0.15, 0.2) is 0 Å². The number of carbonyl (C=O) groups is 2. The van der Waals surface area contributed by atoms with Crippen molar-refractivity contribution in [2.45, 2.75) is 6.92 Å². The van der Waals surface area contributed by atoms with Crippen LogP contribution in [0.1, 0.15) is 12.5 Å². The lowest BCUT2D eigenvalue weighted by atomic mass is 10.1. The van der Waals surface area contributed by atoms with Crippen LogP contribution in [0.4, 0.5) is 4.79 Å². The summed E-state index contributed by atoms with van der Waals surface area (Å²) in [5.41, 5.74) is 0.727. The molecule has 0 aliphatic heterocycles. The minimum absolute atomic E-state index is 0.0345. The fraction of sp³-hybridized carbons (Fsp3) is 0.200. The van der Waals surface area contributed by atoms with Crippen molar-refractivity contribution < 1.29 is 23.8 Å². The van der Waals surface area contributed by atoms with Crippen molar-refractivity contribution in [3.05, 3.63) is 54.8 Å². The zero-order chi connectivity index (χ0) is 14.8. The van der Waals surface area contributed by atoms with Crippen LogP contribution in [-0.2, 0) is 19.0 Å². The summed E-state index contributed by atoms with van der Waals surface area (Å²) in [6, 6.07) is 8.75. The highest BCUT2D eigenvalue weighted by Crippen LogP contribution is 2.16. The molecule has 0 amide bonds. The Kier molecular flexibility index (Phi) is 6.61. The van der Waals surface area contributed by atoms with Crippen LogP contribution in [-0.4, -0.2) is 25.3 Å². The minimum atomic E-state index is -0.914. The summed E-state index contributed by atoms with van der Waals surface area (Å²) in [5, 5.41) is 0. The average molecular weight is 276 g/mol. The van der Waals surface area contributed by atoms with E-state index in [0.29, 0.717) is 5.56 Å². The average Bonchev–Trinajstić information content (AvgIpc) is 2.46. The third-order valence-corrected chi connectivity index (χ3v) is 2.17. The van der Waals surface area contributed by atoms with E-state index >= 15 is 0 Å². The van der Waals surface area contributed by atoms with E-state index in [0.717, 1.165) is 6.26 Å². The Morgan fingerprint density at radius 2 is 1.90 bits per heavy atom. The highest BCUT2D eigenvalue weighted by atomic mass is 16.7. The number of carbonyl (C=O) groups excluding carboxylic acids is 2. The van der Waals surface area contributed by atoms with Crippen molar-refractivity contribution in [2.24, 2.45) is 0 Å². The van der Waals surface area contributed by atoms with Crippen molar-refractivity contribution in [1.82, 2.24) is 0 Å². The van der Waals surface area contributed by atoms with Crippen molar-refractivity contribution in [2.75, 3.05) is 13.2 Å². The molecule has 5 nitrogen and oxygen atoms in total. The van der Waals surface area contributed by atoms with Gasteiger partial charge in [0, 0.05) is 0 Å². The van der Waals surface area contributed by atoms with Gasteiger partial charge in [-0.25, -0.2) is 9.59 Å². The van der Waals surface area contributed by atoms with Crippen LogP contribution < -0.4 is 0 Å². The highest BCUT2D eigenvalue weighted by molar-refractivity contribution is 6.16. The molecule has 1 aromatic carbocycles. The Morgan fingerprint density at radius 1 is 1.20 bits per heavy atom. The molecule has 0 bridgehead atoms. The first-order valence-electron chi connectivity index (χ1n) is 6.06. The lowest BCUT2D eigenvalue weighted by Gasteiger charge is -2.07. The summed E-state index contributed by atoms with van der Waals surface area (Å²) in [6.07, 6.45) is 1.52. The second-order valence-electron chi connectivity index (χ2n) is 3.59. The largest absolute Gasteiger partial charge is 0.513 e. The van der Waals surface area contributed by atoms with Gasteiger partial charge in [0.1, 0.15) is 18.4 Å². The number of hydrogen-bond donors (Lipinski definition) is 0. The third kappa shape index (κ3) is 4.97. The van der Waals surface area contributed by atoms with Gasteiger partial charge in [-0.3, -0.25) is 0 Å². The van der Waals surface area contributed by atoms with E-state index in [1.54, 1.807) is 31.2 Å². The Balaban J connectivity index is 2.85. The van der Waals surface area contributed by atoms with Gasteiger partial charge >= 0.3 is 12.1 Å². The summed E-state index contributed by atoms with van der Waals surface area (Å²) in [7, 11) is 0. The second-order valence-corrected chi connectivity index (χ2v) is 3.59. The number of esters is 1. The molecule has 5 heteroatoms. The molecule has 0 N–H and O–H groups in total. The van der Waals surface area contributed by atoms with E-state index in [-0.39, 0.29) is 18.8 Å². The molecule has 1 rings (SSSR count). The maximum absolute atomic E-state index is 11.8. The molecule has 106 valence electrons. The van der Waals surface area contributed by atoms with Crippen LogP contribution in [0.5, 0.6) is 0 Å². The predicted molar refractivity (Wildman–Crippen MR) is 73.7 cm³/mol. The Bertz CT molecular complexity index is 490. The zero-order valence-electron chi connectivity index (χ0n) is 11.2. The molecule has 0 heterocycles. The summed E-state index contributed by atoms with van der Waals surface area (Å²) >= 11 is 0. The van der Waals surface area contributed by atoms with Crippen molar-refractivity contribution >= 4 is 17.7 Å². The molecule has 0 aliphatic carbocycles. The fourth-order valence-corrected chi connectivity index (χ4v) is 1.33. The third-order valence-electron chi connectivity index (χ3n) is 2.17. The van der Waals surface area contributed by atoms with Gasteiger partial charge in [-0.15, -0.1) is 0 Å². The van der Waals surface area contributed by atoms with E-state index in [1.165, 1.54) is 6.08 Å². The first kappa shape index (κ1) is 15.5.